The summed E-state index contributed by atoms with van der Waals surface area (Å²) in [7, 11) is 2.65. The van der Waals surface area contributed by atoms with Crippen molar-refractivity contribution in [3.05, 3.63) is 101 Å². The summed E-state index contributed by atoms with van der Waals surface area (Å²) in [5.74, 6) is 0.499. The van der Waals surface area contributed by atoms with E-state index in [1.54, 1.807) is 19.2 Å². The van der Waals surface area contributed by atoms with Gasteiger partial charge in [-0.15, -0.1) is 0 Å². The Balaban J connectivity index is 0.00000103. The Morgan fingerprint density at radius 3 is 2.11 bits per heavy atom. The van der Waals surface area contributed by atoms with Crippen molar-refractivity contribution in [1.82, 2.24) is 9.78 Å². The van der Waals surface area contributed by atoms with E-state index in [9.17, 15) is 4.79 Å². The minimum atomic E-state index is -0.289. The zero-order valence-corrected chi connectivity index (χ0v) is 21.7. The van der Waals surface area contributed by atoms with E-state index in [1.807, 2.05) is 54.9 Å². The monoisotopic (exact) mass is 492 g/mol. The van der Waals surface area contributed by atoms with Gasteiger partial charge in [-0.25, -0.2) is 4.68 Å². The summed E-state index contributed by atoms with van der Waals surface area (Å²) in [5, 5.41) is 12.5. The largest absolute Gasteiger partial charge is 0.497 e. The van der Waals surface area contributed by atoms with Crippen LogP contribution in [0.15, 0.2) is 78.9 Å². The Hall–Kier alpha value is -3.41. The topological polar surface area (TPSA) is 64.3 Å². The summed E-state index contributed by atoms with van der Waals surface area (Å²) >= 11 is 6.00. The summed E-state index contributed by atoms with van der Waals surface area (Å²) in [5.41, 5.74) is 5.93. The number of rotatable bonds is 7. The third-order valence-corrected chi connectivity index (χ3v) is 5.57. The van der Waals surface area contributed by atoms with Gasteiger partial charge in [0.25, 0.3) is 0 Å². The molecule has 0 bridgehead atoms. The number of aliphatic hydroxyl groups excluding tert-OH is 1. The Labute approximate surface area is 213 Å². The molecule has 0 fully saturated rings. The standard InChI is InChI=1S/C26H23ClN2O2.C2H6.CH4O/c1-18-3-5-20(6-4-18)26-16-23(15-21(17-30)19-7-9-22(27)10-8-19)28-29(26)24-11-13-25(31-2)14-12-24;2*1-2/h3-14,16-17,21H,15H2,1-2H3;1-2H3;2H,1H3. The zero-order chi connectivity index (χ0) is 25.8. The molecule has 184 valence electrons. The van der Waals surface area contributed by atoms with Crippen LogP contribution >= 0.6 is 11.6 Å². The number of aliphatic hydroxyl groups is 1. The number of aryl methyl sites for hydroxylation is 1. The summed E-state index contributed by atoms with van der Waals surface area (Å²) in [6.45, 7) is 6.07. The van der Waals surface area contributed by atoms with Crippen LogP contribution in [-0.4, -0.2) is 35.4 Å². The molecule has 0 saturated carbocycles. The van der Waals surface area contributed by atoms with Gasteiger partial charge in [-0.05, 0) is 55.0 Å². The van der Waals surface area contributed by atoms with Crippen molar-refractivity contribution >= 4 is 17.9 Å². The first-order valence-electron chi connectivity index (χ1n) is 11.5. The first-order chi connectivity index (χ1) is 17.1. The molecule has 0 spiro atoms. The lowest BCUT2D eigenvalue weighted by molar-refractivity contribution is -0.109. The van der Waals surface area contributed by atoms with E-state index < -0.39 is 0 Å². The fourth-order valence-corrected chi connectivity index (χ4v) is 3.69. The van der Waals surface area contributed by atoms with E-state index in [4.69, 9.17) is 26.5 Å². The molecule has 1 N–H and O–H groups in total. The predicted octanol–water partition coefficient (Wildman–Crippen LogP) is 6.67. The van der Waals surface area contributed by atoms with Crippen LogP contribution < -0.4 is 4.74 Å². The first kappa shape index (κ1) is 27.8. The maximum atomic E-state index is 11.9. The molecule has 0 radical (unpaired) electrons. The Morgan fingerprint density at radius 1 is 0.971 bits per heavy atom. The predicted molar refractivity (Wildman–Crippen MR) is 144 cm³/mol. The molecule has 1 aromatic heterocycles. The van der Waals surface area contributed by atoms with Gasteiger partial charge in [0.15, 0.2) is 0 Å². The van der Waals surface area contributed by atoms with E-state index in [0.717, 1.165) is 47.3 Å². The van der Waals surface area contributed by atoms with Crippen LogP contribution in [0.3, 0.4) is 0 Å². The molecule has 0 amide bonds. The van der Waals surface area contributed by atoms with Crippen molar-refractivity contribution in [3.8, 4) is 22.7 Å². The van der Waals surface area contributed by atoms with Gasteiger partial charge in [0.1, 0.15) is 12.0 Å². The average molecular weight is 493 g/mol. The number of benzene rings is 3. The molecule has 1 unspecified atom stereocenters. The quantitative estimate of drug-likeness (QED) is 0.292. The molecule has 5 nitrogen and oxygen atoms in total. The molecule has 0 aliphatic carbocycles. The number of aromatic nitrogens is 2. The lowest BCUT2D eigenvalue weighted by atomic mass is 9.95. The van der Waals surface area contributed by atoms with Gasteiger partial charge in [0.05, 0.1) is 24.2 Å². The number of methoxy groups -OCH3 is 1. The molecule has 35 heavy (non-hydrogen) atoms. The van der Waals surface area contributed by atoms with Crippen LogP contribution in [0.1, 0.15) is 36.6 Å². The Bertz CT molecular complexity index is 1170. The number of carbonyl (C=O) groups is 1. The minimum absolute atomic E-state index is 0.289. The molecule has 6 heteroatoms. The van der Waals surface area contributed by atoms with Crippen molar-refractivity contribution in [3.63, 3.8) is 0 Å². The highest BCUT2D eigenvalue weighted by Crippen LogP contribution is 2.28. The van der Waals surface area contributed by atoms with E-state index in [1.165, 1.54) is 5.56 Å². The second-order valence-corrected chi connectivity index (χ2v) is 7.93. The van der Waals surface area contributed by atoms with Crippen molar-refractivity contribution in [2.75, 3.05) is 14.2 Å². The number of hydrogen-bond donors (Lipinski definition) is 1. The molecular weight excluding hydrogens is 460 g/mol. The smallest absolute Gasteiger partial charge is 0.127 e. The van der Waals surface area contributed by atoms with Gasteiger partial charge >= 0.3 is 0 Å². The summed E-state index contributed by atoms with van der Waals surface area (Å²) < 4.78 is 7.20. The van der Waals surface area contributed by atoms with Crippen LogP contribution in [-0.2, 0) is 11.2 Å². The normalized spacial score (nSPS) is 10.8. The van der Waals surface area contributed by atoms with Gasteiger partial charge in [-0.2, -0.15) is 5.10 Å². The fraction of sp³-hybridized carbons (Fsp3) is 0.241. The van der Waals surface area contributed by atoms with Crippen molar-refractivity contribution in [2.24, 2.45) is 0 Å². The van der Waals surface area contributed by atoms with Crippen molar-refractivity contribution in [2.45, 2.75) is 33.1 Å². The second kappa shape index (κ2) is 14.1. The summed E-state index contributed by atoms with van der Waals surface area (Å²) in [6, 6.07) is 25.6. The third-order valence-electron chi connectivity index (χ3n) is 5.32. The lowest BCUT2D eigenvalue weighted by Crippen LogP contribution is -2.06. The van der Waals surface area contributed by atoms with Crippen LogP contribution in [0.25, 0.3) is 16.9 Å². The molecule has 3 aromatic carbocycles. The van der Waals surface area contributed by atoms with Crippen molar-refractivity contribution < 1.29 is 14.6 Å². The molecule has 1 heterocycles. The molecular formula is C29H33ClN2O3. The van der Waals surface area contributed by atoms with E-state index >= 15 is 0 Å². The maximum Gasteiger partial charge on any atom is 0.127 e. The zero-order valence-electron chi connectivity index (χ0n) is 20.9. The highest BCUT2D eigenvalue weighted by atomic mass is 35.5. The highest BCUT2D eigenvalue weighted by molar-refractivity contribution is 6.30. The van der Waals surface area contributed by atoms with E-state index in [2.05, 4.69) is 37.3 Å². The summed E-state index contributed by atoms with van der Waals surface area (Å²) in [4.78, 5) is 11.9. The van der Waals surface area contributed by atoms with Gasteiger partial charge in [-0.1, -0.05) is 67.4 Å². The maximum absolute atomic E-state index is 11.9. The van der Waals surface area contributed by atoms with Crippen LogP contribution in [0.2, 0.25) is 5.02 Å². The average Bonchev–Trinajstić information content (AvgIpc) is 3.34. The van der Waals surface area contributed by atoms with Crippen LogP contribution in [0.5, 0.6) is 5.75 Å². The number of aldehydes is 1. The number of ether oxygens (including phenoxy) is 1. The molecule has 0 saturated heterocycles. The highest BCUT2D eigenvalue weighted by Gasteiger charge is 2.17. The minimum Gasteiger partial charge on any atom is -0.497 e. The van der Waals surface area contributed by atoms with Gasteiger partial charge in [-0.3, -0.25) is 0 Å². The van der Waals surface area contributed by atoms with Gasteiger partial charge in [0, 0.05) is 30.0 Å². The van der Waals surface area contributed by atoms with Crippen LogP contribution in [0, 0.1) is 6.92 Å². The van der Waals surface area contributed by atoms with E-state index in [-0.39, 0.29) is 5.92 Å². The van der Waals surface area contributed by atoms with Crippen LogP contribution in [0.4, 0.5) is 0 Å². The molecule has 0 aliphatic heterocycles. The SMILES string of the molecule is CC.CO.COc1ccc(-n2nc(CC(C=O)c3ccc(Cl)cc3)cc2-c2ccc(C)cc2)cc1. The number of nitrogens with zero attached hydrogens (tertiary/aromatic N) is 2. The molecule has 0 aliphatic rings. The fourth-order valence-electron chi connectivity index (χ4n) is 3.56. The second-order valence-electron chi connectivity index (χ2n) is 7.50. The van der Waals surface area contributed by atoms with Gasteiger partial charge in [0.2, 0.25) is 0 Å². The van der Waals surface area contributed by atoms with E-state index in [0.29, 0.717) is 11.4 Å². The number of halogens is 1. The first-order valence-corrected chi connectivity index (χ1v) is 11.9. The van der Waals surface area contributed by atoms with Crippen molar-refractivity contribution in [1.29, 1.82) is 0 Å². The molecule has 4 rings (SSSR count). The molecule has 1 atom stereocenters. The Kier molecular flexibility index (Phi) is 11.2. The summed E-state index contributed by atoms with van der Waals surface area (Å²) in [6.07, 6.45) is 1.48. The number of carbonyl (C=O) groups excluding carboxylic acids is 1. The Morgan fingerprint density at radius 2 is 1.57 bits per heavy atom. The van der Waals surface area contributed by atoms with Gasteiger partial charge < -0.3 is 14.6 Å². The molecule has 4 aromatic rings. The number of hydrogen-bond acceptors (Lipinski definition) is 4. The third kappa shape index (κ3) is 7.28. The lowest BCUT2D eigenvalue weighted by Gasteiger charge is -2.09.